The van der Waals surface area contributed by atoms with Crippen LogP contribution in [0, 0.1) is 11.3 Å². The number of ether oxygens (including phenoxy) is 4. The predicted molar refractivity (Wildman–Crippen MR) is 188 cm³/mol. The molecule has 0 bridgehead atoms. The molecule has 3 aromatic rings. The van der Waals surface area contributed by atoms with E-state index in [1.165, 1.54) is 0 Å². The number of aliphatic hydroxyl groups is 1. The van der Waals surface area contributed by atoms with Crippen molar-refractivity contribution in [2.45, 2.75) is 110 Å². The van der Waals surface area contributed by atoms with E-state index in [9.17, 15) is 9.90 Å². The van der Waals surface area contributed by atoms with Crippen LogP contribution in [0.1, 0.15) is 58.2 Å². The molecule has 7 nitrogen and oxygen atoms in total. The van der Waals surface area contributed by atoms with E-state index in [1.54, 1.807) is 14.0 Å². The number of ketones is 1. The Bertz CT molecular complexity index is 1400. The van der Waals surface area contributed by atoms with Gasteiger partial charge in [0.2, 0.25) is 0 Å². The lowest BCUT2D eigenvalue weighted by Crippen LogP contribution is -2.65. The van der Waals surface area contributed by atoms with E-state index in [1.807, 2.05) is 84.9 Å². The summed E-state index contributed by atoms with van der Waals surface area (Å²) >= 11 is 0. The van der Waals surface area contributed by atoms with Crippen LogP contribution in [0.15, 0.2) is 84.9 Å². The van der Waals surface area contributed by atoms with Crippen LogP contribution in [-0.2, 0) is 43.3 Å². The fraction of sp³-hybridized carbons (Fsp3) is 0.513. The van der Waals surface area contributed by atoms with Gasteiger partial charge in [-0.1, -0.05) is 114 Å². The fourth-order valence-electron chi connectivity index (χ4n) is 5.82. The van der Waals surface area contributed by atoms with Crippen molar-refractivity contribution in [3.8, 4) is 5.75 Å². The number of carbonyl (C=O) groups excluding carboxylic acids is 1. The molecule has 3 aromatic carbocycles. The molecular formula is C39H54O7Si. The highest BCUT2D eigenvalue weighted by molar-refractivity contribution is 6.74. The van der Waals surface area contributed by atoms with Crippen LogP contribution in [0.3, 0.4) is 0 Å². The number of carbonyl (C=O) groups is 1. The number of rotatable bonds is 12. The molecule has 1 aliphatic carbocycles. The maximum absolute atomic E-state index is 14.5. The molecule has 1 N–H and O–H groups in total. The first-order valence-electron chi connectivity index (χ1n) is 16.6. The third-order valence-corrected chi connectivity index (χ3v) is 14.4. The minimum Gasteiger partial charge on any atom is -0.497 e. The molecule has 256 valence electrons. The molecule has 0 amide bonds. The molecule has 1 saturated carbocycles. The standard InChI is InChI=1S/C39H54O7Si/c1-27-32(40)34(43-24-28-16-12-10-13-17-28)36(45-26-30-20-22-31(42-7)23-21-30)39(5,6)37(46-47(8,9)38(2,3)4)35(33(27)41)44-25-29-18-14-11-15-19-29/h10-23,27,32,34-37,40H,24-26H2,1-9H3/t27-,32?,34+,35+,36+,37+/m1/s1. The summed E-state index contributed by atoms with van der Waals surface area (Å²) < 4.78 is 32.6. The molecule has 8 heteroatoms. The number of benzene rings is 3. The number of hydrogen-bond donors (Lipinski definition) is 1. The van der Waals surface area contributed by atoms with Crippen molar-refractivity contribution in [2.75, 3.05) is 7.11 Å². The van der Waals surface area contributed by atoms with E-state index in [0.717, 1.165) is 22.4 Å². The molecular weight excluding hydrogens is 609 g/mol. The maximum atomic E-state index is 14.5. The zero-order valence-electron chi connectivity index (χ0n) is 29.6. The van der Waals surface area contributed by atoms with Gasteiger partial charge in [0.05, 0.1) is 45.2 Å². The monoisotopic (exact) mass is 662 g/mol. The van der Waals surface area contributed by atoms with Gasteiger partial charge >= 0.3 is 0 Å². The van der Waals surface area contributed by atoms with Gasteiger partial charge in [0.25, 0.3) is 0 Å². The van der Waals surface area contributed by atoms with Crippen molar-refractivity contribution in [1.29, 1.82) is 0 Å². The van der Waals surface area contributed by atoms with Crippen LogP contribution >= 0.6 is 0 Å². The van der Waals surface area contributed by atoms with E-state index >= 15 is 0 Å². The molecule has 1 unspecified atom stereocenters. The van der Waals surface area contributed by atoms with Gasteiger partial charge in [-0.25, -0.2) is 0 Å². The quantitative estimate of drug-likeness (QED) is 0.199. The highest BCUT2D eigenvalue weighted by Gasteiger charge is 2.57. The van der Waals surface area contributed by atoms with Crippen LogP contribution in [-0.4, -0.2) is 56.8 Å². The topological polar surface area (TPSA) is 83.5 Å². The summed E-state index contributed by atoms with van der Waals surface area (Å²) in [6.07, 6.45) is -4.27. The second kappa shape index (κ2) is 15.6. The number of hydrogen-bond acceptors (Lipinski definition) is 7. The van der Waals surface area contributed by atoms with Gasteiger partial charge in [0.15, 0.2) is 14.1 Å². The van der Waals surface area contributed by atoms with Crippen molar-refractivity contribution in [3.63, 3.8) is 0 Å². The highest BCUT2D eigenvalue weighted by atomic mass is 28.4. The van der Waals surface area contributed by atoms with Crippen molar-refractivity contribution < 1.29 is 33.3 Å². The van der Waals surface area contributed by atoms with Crippen LogP contribution in [0.2, 0.25) is 18.1 Å². The molecule has 1 fully saturated rings. The smallest absolute Gasteiger partial charge is 0.192 e. The Labute approximate surface area is 282 Å². The second-order valence-electron chi connectivity index (χ2n) is 14.9. The number of Topliss-reactive ketones (excluding diaryl/α,β-unsaturated/α-hetero) is 1. The molecule has 0 aliphatic heterocycles. The van der Waals surface area contributed by atoms with Crippen molar-refractivity contribution in [2.24, 2.45) is 11.3 Å². The Morgan fingerprint density at radius 3 is 1.74 bits per heavy atom. The van der Waals surface area contributed by atoms with E-state index in [0.29, 0.717) is 0 Å². The molecule has 4 rings (SSSR count). The van der Waals surface area contributed by atoms with Gasteiger partial charge in [-0.15, -0.1) is 0 Å². The molecule has 0 spiro atoms. The maximum Gasteiger partial charge on any atom is 0.192 e. The predicted octanol–water partition coefficient (Wildman–Crippen LogP) is 7.75. The molecule has 0 aromatic heterocycles. The summed E-state index contributed by atoms with van der Waals surface area (Å²) in [7, 11) is -0.825. The van der Waals surface area contributed by atoms with Crippen molar-refractivity contribution in [3.05, 3.63) is 102 Å². The SMILES string of the molecule is COc1ccc(CO[C@H]2[C@@H](OCc3ccccc3)C(O)[C@@H](C)C(=O)[C@H](OCc3ccccc3)[C@H](O[Si](C)(C)C(C)(C)C)C2(C)C)cc1. The minimum absolute atomic E-state index is 0.133. The largest absolute Gasteiger partial charge is 0.497 e. The van der Waals surface area contributed by atoms with Gasteiger partial charge in [0, 0.05) is 11.3 Å². The molecule has 0 heterocycles. The average molecular weight is 663 g/mol. The van der Waals surface area contributed by atoms with Crippen LogP contribution in [0.4, 0.5) is 0 Å². The van der Waals surface area contributed by atoms with Crippen LogP contribution in [0.25, 0.3) is 0 Å². The third kappa shape index (κ3) is 8.99. The zero-order chi connectivity index (χ0) is 34.4. The van der Waals surface area contributed by atoms with Crippen LogP contribution < -0.4 is 4.74 Å². The molecule has 1 aliphatic rings. The summed E-state index contributed by atoms with van der Waals surface area (Å²) in [5.74, 6) is -0.245. The Morgan fingerprint density at radius 2 is 1.23 bits per heavy atom. The normalized spacial score (nSPS) is 25.2. The summed E-state index contributed by atoms with van der Waals surface area (Å²) in [6, 6.07) is 27.4. The Morgan fingerprint density at radius 1 is 0.745 bits per heavy atom. The van der Waals surface area contributed by atoms with Gasteiger partial charge in [-0.2, -0.15) is 0 Å². The Balaban J connectivity index is 1.80. The van der Waals surface area contributed by atoms with Crippen LogP contribution in [0.5, 0.6) is 5.75 Å². The van der Waals surface area contributed by atoms with E-state index < -0.39 is 50.2 Å². The molecule has 0 radical (unpaired) electrons. The van der Waals surface area contributed by atoms with E-state index in [-0.39, 0.29) is 30.6 Å². The van der Waals surface area contributed by atoms with Gasteiger partial charge in [0.1, 0.15) is 18.0 Å². The fourth-order valence-corrected chi connectivity index (χ4v) is 7.24. The Hall–Kier alpha value is -2.85. The summed E-state index contributed by atoms with van der Waals surface area (Å²) in [6.45, 7) is 17.6. The number of aliphatic hydroxyl groups excluding tert-OH is 1. The van der Waals surface area contributed by atoms with Gasteiger partial charge in [-0.05, 0) is 47.0 Å². The zero-order valence-corrected chi connectivity index (χ0v) is 30.6. The van der Waals surface area contributed by atoms with E-state index in [2.05, 4.69) is 47.7 Å². The molecule has 47 heavy (non-hydrogen) atoms. The summed E-state index contributed by atoms with van der Waals surface area (Å²) in [4.78, 5) is 14.5. The lowest BCUT2D eigenvalue weighted by atomic mass is 9.69. The lowest BCUT2D eigenvalue weighted by molar-refractivity contribution is -0.220. The summed E-state index contributed by atoms with van der Waals surface area (Å²) in [5.41, 5.74) is 2.02. The van der Waals surface area contributed by atoms with Gasteiger partial charge in [-0.3, -0.25) is 4.79 Å². The second-order valence-corrected chi connectivity index (χ2v) is 19.6. The first-order valence-corrected chi connectivity index (χ1v) is 19.5. The molecule has 6 atom stereocenters. The minimum atomic E-state index is -2.46. The average Bonchev–Trinajstić information content (AvgIpc) is 3.05. The third-order valence-electron chi connectivity index (χ3n) is 9.99. The number of methoxy groups -OCH3 is 1. The Kier molecular flexibility index (Phi) is 12.3. The molecule has 0 saturated heterocycles. The highest BCUT2D eigenvalue weighted by Crippen LogP contribution is 2.46. The van der Waals surface area contributed by atoms with Gasteiger partial charge < -0.3 is 28.5 Å². The van der Waals surface area contributed by atoms with E-state index in [4.69, 9.17) is 23.4 Å². The summed E-state index contributed by atoms with van der Waals surface area (Å²) in [5, 5.41) is 11.8. The first kappa shape index (κ1) is 37.0. The van der Waals surface area contributed by atoms with Crippen molar-refractivity contribution >= 4 is 14.1 Å². The lowest BCUT2D eigenvalue weighted by Gasteiger charge is -2.52. The van der Waals surface area contributed by atoms with Crippen molar-refractivity contribution in [1.82, 2.24) is 0 Å². The first-order chi connectivity index (χ1) is 22.2.